The number of fused-ring (bicyclic) bond motifs is 3. The first-order chi connectivity index (χ1) is 13.1. The highest BCUT2D eigenvalue weighted by Gasteiger charge is 2.52. The largest absolute Gasteiger partial charge is 0.426 e. The van der Waals surface area contributed by atoms with Crippen molar-refractivity contribution in [1.29, 1.82) is 0 Å². The molecule has 2 heteroatoms. The molecule has 0 aromatic heterocycles. The number of hydrogen-bond donors (Lipinski definition) is 0. The standard InChI is InChI=1S/C25H38O2/c1-3-5-7-9-21-10-12-22(13-11-21)27-23(26)25-18-15-24(16-19-25,17-20-25)14-8-6-4-2/h10-13H,3-9,14-20H2,1-2H3. The Kier molecular flexibility index (Phi) is 7.00. The van der Waals surface area contributed by atoms with Gasteiger partial charge in [0.05, 0.1) is 5.41 Å². The van der Waals surface area contributed by atoms with Gasteiger partial charge in [0.2, 0.25) is 0 Å². The molecule has 3 fully saturated rings. The minimum absolute atomic E-state index is 0.0306. The minimum Gasteiger partial charge on any atom is -0.426 e. The molecule has 1 aromatic rings. The molecule has 0 saturated heterocycles. The van der Waals surface area contributed by atoms with Crippen LogP contribution in [0.25, 0.3) is 0 Å². The molecule has 0 atom stereocenters. The fourth-order valence-corrected chi connectivity index (χ4v) is 5.21. The van der Waals surface area contributed by atoms with Crippen LogP contribution in [0.3, 0.4) is 0 Å². The number of unbranched alkanes of at least 4 members (excludes halogenated alkanes) is 4. The molecule has 0 unspecified atom stereocenters. The molecule has 4 rings (SSSR count). The van der Waals surface area contributed by atoms with Gasteiger partial charge in [-0.15, -0.1) is 0 Å². The summed E-state index contributed by atoms with van der Waals surface area (Å²) >= 11 is 0. The fraction of sp³-hybridized carbons (Fsp3) is 0.720. The van der Waals surface area contributed by atoms with Crippen molar-refractivity contribution in [2.24, 2.45) is 10.8 Å². The average molecular weight is 371 g/mol. The first-order valence-corrected chi connectivity index (χ1v) is 11.4. The maximum atomic E-state index is 13.0. The van der Waals surface area contributed by atoms with Gasteiger partial charge < -0.3 is 4.74 Å². The number of ether oxygens (including phenoxy) is 1. The van der Waals surface area contributed by atoms with Crippen LogP contribution in [-0.2, 0) is 11.2 Å². The van der Waals surface area contributed by atoms with Crippen LogP contribution in [0.5, 0.6) is 5.75 Å². The van der Waals surface area contributed by atoms with Crippen LogP contribution in [0.15, 0.2) is 24.3 Å². The quantitative estimate of drug-likeness (QED) is 0.246. The van der Waals surface area contributed by atoms with Crippen molar-refractivity contribution in [1.82, 2.24) is 0 Å². The summed E-state index contributed by atoms with van der Waals surface area (Å²) in [5.41, 5.74) is 1.68. The molecular weight excluding hydrogens is 332 g/mol. The van der Waals surface area contributed by atoms with Crippen molar-refractivity contribution < 1.29 is 9.53 Å². The number of carbonyl (C=O) groups is 1. The number of benzene rings is 1. The van der Waals surface area contributed by atoms with E-state index in [2.05, 4.69) is 26.0 Å². The van der Waals surface area contributed by atoms with E-state index < -0.39 is 0 Å². The summed E-state index contributed by atoms with van der Waals surface area (Å²) in [5.74, 6) is 0.752. The Bertz CT molecular complexity index is 577. The predicted molar refractivity (Wildman–Crippen MR) is 112 cm³/mol. The smallest absolute Gasteiger partial charge is 0.317 e. The summed E-state index contributed by atoms with van der Waals surface area (Å²) in [4.78, 5) is 13.0. The van der Waals surface area contributed by atoms with E-state index in [0.29, 0.717) is 5.41 Å². The summed E-state index contributed by atoms with van der Waals surface area (Å²) in [6.07, 6.45) is 17.0. The SMILES string of the molecule is CCCCCc1ccc(OC(=O)C23CCC(CCCCC)(CC2)CC3)cc1. The molecule has 1 aromatic carbocycles. The molecule has 0 radical (unpaired) electrons. The molecule has 3 aliphatic carbocycles. The Morgan fingerprint density at radius 2 is 1.44 bits per heavy atom. The Hall–Kier alpha value is -1.31. The fourth-order valence-electron chi connectivity index (χ4n) is 5.21. The molecule has 150 valence electrons. The maximum absolute atomic E-state index is 13.0. The third-order valence-electron chi connectivity index (χ3n) is 7.35. The number of rotatable bonds is 10. The van der Waals surface area contributed by atoms with Crippen molar-refractivity contribution in [3.8, 4) is 5.75 Å². The lowest BCUT2D eigenvalue weighted by molar-refractivity contribution is -0.156. The van der Waals surface area contributed by atoms with Crippen LogP contribution < -0.4 is 4.74 Å². The number of hydrogen-bond acceptors (Lipinski definition) is 2. The molecule has 0 amide bonds. The van der Waals surface area contributed by atoms with Gasteiger partial charge in [-0.05, 0) is 80.9 Å². The molecule has 0 spiro atoms. The second-order valence-electron chi connectivity index (χ2n) is 9.23. The van der Waals surface area contributed by atoms with Crippen molar-refractivity contribution in [2.45, 2.75) is 104 Å². The zero-order valence-corrected chi connectivity index (χ0v) is 17.5. The van der Waals surface area contributed by atoms with Gasteiger partial charge in [0.1, 0.15) is 5.75 Å². The average Bonchev–Trinajstić information content (AvgIpc) is 2.71. The summed E-state index contributed by atoms with van der Waals surface area (Å²) in [6.45, 7) is 4.51. The van der Waals surface area contributed by atoms with Gasteiger partial charge in [0.15, 0.2) is 0 Å². The van der Waals surface area contributed by atoms with Crippen LogP contribution in [0.2, 0.25) is 0 Å². The normalized spacial score (nSPS) is 26.9. The summed E-state index contributed by atoms with van der Waals surface area (Å²) in [7, 11) is 0. The summed E-state index contributed by atoms with van der Waals surface area (Å²) in [5, 5.41) is 0. The molecule has 0 heterocycles. The van der Waals surface area contributed by atoms with E-state index >= 15 is 0 Å². The monoisotopic (exact) mass is 370 g/mol. The lowest BCUT2D eigenvalue weighted by Gasteiger charge is -2.52. The van der Waals surface area contributed by atoms with Crippen LogP contribution in [0.4, 0.5) is 0 Å². The zero-order chi connectivity index (χ0) is 19.2. The van der Waals surface area contributed by atoms with E-state index in [-0.39, 0.29) is 11.4 Å². The van der Waals surface area contributed by atoms with Crippen LogP contribution in [0, 0.1) is 10.8 Å². The lowest BCUT2D eigenvalue weighted by Crippen LogP contribution is -2.47. The number of esters is 1. The van der Waals surface area contributed by atoms with Crippen LogP contribution in [0.1, 0.15) is 103 Å². The second-order valence-corrected chi connectivity index (χ2v) is 9.23. The van der Waals surface area contributed by atoms with Gasteiger partial charge in [-0.25, -0.2) is 0 Å². The number of aryl methyl sites for hydroxylation is 1. The third-order valence-corrected chi connectivity index (χ3v) is 7.35. The van der Waals surface area contributed by atoms with Gasteiger partial charge in [-0.1, -0.05) is 58.1 Å². The highest BCUT2D eigenvalue weighted by Crippen LogP contribution is 2.59. The highest BCUT2D eigenvalue weighted by atomic mass is 16.5. The Labute approximate surface area is 166 Å². The van der Waals surface area contributed by atoms with Crippen molar-refractivity contribution in [2.75, 3.05) is 0 Å². The molecular formula is C25H38O2. The van der Waals surface area contributed by atoms with Crippen molar-refractivity contribution >= 4 is 5.97 Å². The van der Waals surface area contributed by atoms with E-state index in [0.717, 1.165) is 31.4 Å². The van der Waals surface area contributed by atoms with Crippen LogP contribution >= 0.6 is 0 Å². The van der Waals surface area contributed by atoms with E-state index in [9.17, 15) is 4.79 Å². The molecule has 27 heavy (non-hydrogen) atoms. The zero-order valence-electron chi connectivity index (χ0n) is 17.5. The van der Waals surface area contributed by atoms with Crippen LogP contribution in [-0.4, -0.2) is 5.97 Å². The molecule has 3 saturated carbocycles. The summed E-state index contributed by atoms with van der Waals surface area (Å²) < 4.78 is 5.85. The van der Waals surface area contributed by atoms with Gasteiger partial charge in [-0.3, -0.25) is 4.79 Å². The molecule has 0 N–H and O–H groups in total. The first-order valence-electron chi connectivity index (χ1n) is 11.4. The second kappa shape index (κ2) is 9.26. The maximum Gasteiger partial charge on any atom is 0.317 e. The van der Waals surface area contributed by atoms with E-state index in [4.69, 9.17) is 4.74 Å². The molecule has 2 bridgehead atoms. The first kappa shape index (κ1) is 20.4. The highest BCUT2D eigenvalue weighted by molar-refractivity contribution is 5.79. The van der Waals surface area contributed by atoms with Crippen molar-refractivity contribution in [3.05, 3.63) is 29.8 Å². The van der Waals surface area contributed by atoms with Gasteiger partial charge in [0.25, 0.3) is 0 Å². The topological polar surface area (TPSA) is 26.3 Å². The third kappa shape index (κ3) is 4.95. The summed E-state index contributed by atoms with van der Waals surface area (Å²) in [6, 6.07) is 8.21. The van der Waals surface area contributed by atoms with E-state index in [1.54, 1.807) is 0 Å². The molecule has 2 nitrogen and oxygen atoms in total. The molecule has 3 aliphatic rings. The predicted octanol–water partition coefficient (Wildman–Crippen LogP) is 7.25. The van der Waals surface area contributed by atoms with Gasteiger partial charge >= 0.3 is 5.97 Å². The Balaban J connectivity index is 1.52. The van der Waals surface area contributed by atoms with Gasteiger partial charge in [-0.2, -0.15) is 0 Å². The lowest BCUT2D eigenvalue weighted by atomic mass is 9.52. The Morgan fingerprint density at radius 3 is 2.04 bits per heavy atom. The van der Waals surface area contributed by atoms with E-state index in [1.807, 2.05) is 12.1 Å². The minimum atomic E-state index is -0.202. The number of carbonyl (C=O) groups excluding carboxylic acids is 1. The molecule has 0 aliphatic heterocycles. The Morgan fingerprint density at radius 1 is 0.852 bits per heavy atom. The van der Waals surface area contributed by atoms with Crippen molar-refractivity contribution in [3.63, 3.8) is 0 Å². The van der Waals surface area contributed by atoms with E-state index in [1.165, 1.54) is 69.8 Å². The van der Waals surface area contributed by atoms with Gasteiger partial charge in [0, 0.05) is 0 Å².